The van der Waals surface area contributed by atoms with Crippen molar-refractivity contribution in [1.29, 1.82) is 0 Å². The minimum Gasteiger partial charge on any atom is -0.480 e. The molecule has 2 aromatic carbocycles. The molecule has 9 nitrogen and oxygen atoms in total. The van der Waals surface area contributed by atoms with Crippen LogP contribution in [0.4, 0.5) is 13.2 Å². The van der Waals surface area contributed by atoms with Crippen LogP contribution in [0.2, 0.25) is 30.7 Å². The van der Waals surface area contributed by atoms with Crippen LogP contribution in [0.1, 0.15) is 5.56 Å². The number of pyridine rings is 1. The van der Waals surface area contributed by atoms with Crippen LogP contribution in [0.15, 0.2) is 58.3 Å². The molecule has 0 atom stereocenters. The van der Waals surface area contributed by atoms with Gasteiger partial charge in [0.2, 0.25) is 11.8 Å². The summed E-state index contributed by atoms with van der Waals surface area (Å²) in [6.07, 6.45) is 3.95. The molecule has 5 aromatic rings. The maximum Gasteiger partial charge on any atom is 0.247 e. The van der Waals surface area contributed by atoms with Gasteiger partial charge >= 0.3 is 0 Å². The van der Waals surface area contributed by atoms with Gasteiger partial charge in [0.1, 0.15) is 35.0 Å². The van der Waals surface area contributed by atoms with Gasteiger partial charge in [0.15, 0.2) is 21.3 Å². The summed E-state index contributed by atoms with van der Waals surface area (Å²) in [6.45, 7) is 6.85. The fraction of sp³-hybridized carbons (Fsp3) is 0.276. The number of halogens is 4. The van der Waals surface area contributed by atoms with Gasteiger partial charge in [-0.15, -0.1) is 0 Å². The highest BCUT2D eigenvalue weighted by Crippen LogP contribution is 2.38. The van der Waals surface area contributed by atoms with Gasteiger partial charge in [-0.2, -0.15) is 5.10 Å². The molecule has 0 saturated heterocycles. The van der Waals surface area contributed by atoms with Crippen molar-refractivity contribution in [3.63, 3.8) is 0 Å². The zero-order valence-corrected chi connectivity index (χ0v) is 26.8. The molecule has 0 aliphatic rings. The Bertz CT molecular complexity index is 1950. The van der Waals surface area contributed by atoms with E-state index in [1.807, 2.05) is 0 Å². The normalized spacial score (nSPS) is 12.3. The lowest BCUT2D eigenvalue weighted by atomic mass is 9.99. The highest BCUT2D eigenvalue weighted by Gasteiger charge is 2.28. The highest BCUT2D eigenvalue weighted by molar-refractivity contribution is 7.90. The monoisotopic (exact) mass is 664 g/mol. The Morgan fingerprint density at radius 3 is 2.52 bits per heavy atom. The number of hydrogen-bond donors (Lipinski definition) is 0. The molecule has 0 amide bonds. The highest BCUT2D eigenvalue weighted by atomic mass is 35.5. The Kier molecular flexibility index (Phi) is 8.89. The van der Waals surface area contributed by atoms with Gasteiger partial charge in [-0.1, -0.05) is 43.4 Å². The second-order valence-electron chi connectivity index (χ2n) is 11.2. The minimum atomic E-state index is -4.28. The van der Waals surface area contributed by atoms with Gasteiger partial charge < -0.3 is 13.9 Å². The van der Waals surface area contributed by atoms with E-state index in [0.717, 1.165) is 24.2 Å². The van der Waals surface area contributed by atoms with E-state index in [0.29, 0.717) is 6.61 Å². The molecule has 3 heterocycles. The van der Waals surface area contributed by atoms with E-state index in [-0.39, 0.29) is 45.0 Å². The Hall–Kier alpha value is -3.72. The van der Waals surface area contributed by atoms with Crippen LogP contribution in [0, 0.1) is 17.5 Å². The van der Waals surface area contributed by atoms with Gasteiger partial charge in [0.25, 0.3) is 0 Å². The summed E-state index contributed by atoms with van der Waals surface area (Å²) in [6, 6.07) is 6.50. The van der Waals surface area contributed by atoms with Crippen molar-refractivity contribution in [1.82, 2.24) is 19.7 Å². The molecule has 0 aliphatic carbocycles. The summed E-state index contributed by atoms with van der Waals surface area (Å²) >= 11 is 5.94. The quantitative estimate of drug-likeness (QED) is 0.108. The number of ether oxygens (including phenoxy) is 2. The molecular formula is C29H28ClF3N4O5SSi. The van der Waals surface area contributed by atoms with E-state index >= 15 is 13.2 Å². The number of nitrogens with zero attached hydrogens (tertiary/aromatic N) is 4. The molecule has 0 bridgehead atoms. The molecule has 0 unspecified atom stereocenters. The molecule has 232 valence electrons. The average Bonchev–Trinajstić information content (AvgIpc) is 3.62. The number of oxazole rings is 1. The van der Waals surface area contributed by atoms with Crippen LogP contribution < -0.4 is 4.74 Å². The van der Waals surface area contributed by atoms with E-state index in [4.69, 9.17) is 25.5 Å². The summed E-state index contributed by atoms with van der Waals surface area (Å²) in [5.74, 6) is -4.33. The first-order valence-electron chi connectivity index (χ1n) is 13.4. The van der Waals surface area contributed by atoms with Gasteiger partial charge in [0, 0.05) is 37.4 Å². The number of sulfone groups is 1. The van der Waals surface area contributed by atoms with Crippen LogP contribution in [-0.4, -0.2) is 50.0 Å². The first-order chi connectivity index (χ1) is 20.8. The summed E-state index contributed by atoms with van der Waals surface area (Å²) in [5, 5.41) is 4.74. The number of methoxy groups -OCH3 is 1. The number of fused-ring (bicyclic) bond motifs is 1. The fourth-order valence-corrected chi connectivity index (χ4v) is 7.04. The Morgan fingerprint density at radius 2 is 1.84 bits per heavy atom. The Morgan fingerprint density at radius 1 is 1.07 bits per heavy atom. The van der Waals surface area contributed by atoms with Gasteiger partial charge in [-0.25, -0.2) is 36.2 Å². The number of benzene rings is 2. The lowest BCUT2D eigenvalue weighted by molar-refractivity contribution is 0.0814. The number of hydrogen-bond acceptors (Lipinski definition) is 8. The average molecular weight is 665 g/mol. The first kappa shape index (κ1) is 31.7. The maximum atomic E-state index is 16.4. The van der Waals surface area contributed by atoms with Crippen molar-refractivity contribution in [3.05, 3.63) is 77.0 Å². The largest absolute Gasteiger partial charge is 0.480 e. The van der Waals surface area contributed by atoms with Gasteiger partial charge in [-0.3, -0.25) is 0 Å². The standard InChI is InChI=1S/C29H28ClF3N4O5SSi/c1-40-28-22(13-18(30)14-35-28)43(38,39)15-17-5-8-21(31)23(24(17)32)19-6-7-20-26(29-34-9-10-42-29)36-37(27(20)25(19)33)16-41-11-12-44(2,3)4/h5-10,13-14H,11-12,15-16H2,1-4H3. The predicted octanol–water partition coefficient (Wildman–Crippen LogP) is 7.12. The van der Waals surface area contributed by atoms with Crippen LogP contribution >= 0.6 is 11.6 Å². The van der Waals surface area contributed by atoms with Crippen LogP contribution in [0.3, 0.4) is 0 Å². The van der Waals surface area contributed by atoms with E-state index in [2.05, 4.69) is 34.7 Å². The van der Waals surface area contributed by atoms with Crippen LogP contribution in [0.25, 0.3) is 33.6 Å². The van der Waals surface area contributed by atoms with Crippen LogP contribution in [0.5, 0.6) is 5.88 Å². The molecule has 0 spiro atoms. The summed E-state index contributed by atoms with van der Waals surface area (Å²) in [5.41, 5.74) is -1.44. The first-order valence-corrected chi connectivity index (χ1v) is 19.1. The molecule has 0 aliphatic heterocycles. The third-order valence-corrected chi connectivity index (χ3v) is 10.4. The minimum absolute atomic E-state index is 0.0187. The van der Waals surface area contributed by atoms with E-state index in [1.54, 1.807) is 0 Å². The number of aromatic nitrogens is 4. The smallest absolute Gasteiger partial charge is 0.247 e. The lowest BCUT2D eigenvalue weighted by Crippen LogP contribution is -2.22. The molecule has 0 N–H and O–H groups in total. The van der Waals surface area contributed by atoms with E-state index in [9.17, 15) is 8.42 Å². The Labute approximate surface area is 257 Å². The third-order valence-electron chi connectivity index (χ3n) is 6.79. The lowest BCUT2D eigenvalue weighted by Gasteiger charge is -2.16. The number of rotatable bonds is 11. The van der Waals surface area contributed by atoms with Crippen LogP contribution in [-0.2, 0) is 27.1 Å². The second-order valence-corrected chi connectivity index (χ2v) is 19.2. The summed E-state index contributed by atoms with van der Waals surface area (Å²) < 4.78 is 91.6. The van der Waals surface area contributed by atoms with Crippen molar-refractivity contribution >= 4 is 40.4 Å². The van der Waals surface area contributed by atoms with E-state index in [1.165, 1.54) is 42.6 Å². The van der Waals surface area contributed by atoms with Crippen molar-refractivity contribution in [2.24, 2.45) is 0 Å². The second kappa shape index (κ2) is 12.3. The zero-order chi connectivity index (χ0) is 31.8. The van der Waals surface area contributed by atoms with Gasteiger partial charge in [-0.05, 0) is 24.2 Å². The molecule has 0 saturated carbocycles. The topological polar surface area (TPSA) is 109 Å². The molecule has 44 heavy (non-hydrogen) atoms. The molecule has 5 rings (SSSR count). The molecule has 3 aromatic heterocycles. The van der Waals surface area contributed by atoms with Crippen molar-refractivity contribution in [2.45, 2.75) is 43.1 Å². The Balaban J connectivity index is 1.59. The van der Waals surface area contributed by atoms with Crippen molar-refractivity contribution < 1.29 is 35.5 Å². The van der Waals surface area contributed by atoms with Gasteiger partial charge in [0.05, 0.1) is 29.6 Å². The predicted molar refractivity (Wildman–Crippen MR) is 161 cm³/mol. The molecule has 0 radical (unpaired) electrons. The van der Waals surface area contributed by atoms with E-state index < -0.39 is 57.8 Å². The summed E-state index contributed by atoms with van der Waals surface area (Å²) in [4.78, 5) is 7.58. The van der Waals surface area contributed by atoms with Crippen molar-refractivity contribution in [2.75, 3.05) is 13.7 Å². The van der Waals surface area contributed by atoms with Crippen molar-refractivity contribution in [3.8, 4) is 28.6 Å². The maximum absolute atomic E-state index is 16.4. The molecular weight excluding hydrogens is 637 g/mol. The fourth-order valence-electron chi connectivity index (χ4n) is 4.57. The summed E-state index contributed by atoms with van der Waals surface area (Å²) in [7, 11) is -4.47. The zero-order valence-electron chi connectivity index (χ0n) is 24.2. The molecule has 15 heteroatoms. The SMILES string of the molecule is COc1ncc(Cl)cc1S(=O)(=O)Cc1ccc(F)c(-c2ccc3c(-c4ncco4)nn(COCC[Si](C)(C)C)c3c2F)c1F. The molecule has 0 fully saturated rings. The third kappa shape index (κ3) is 6.38.